The maximum Gasteiger partial charge on any atom is 0.0468 e. The minimum atomic E-state index is 1.11. The molecule has 0 aliphatic rings. The van der Waals surface area contributed by atoms with E-state index < -0.39 is 0 Å². The van der Waals surface area contributed by atoms with Gasteiger partial charge in [0.25, 0.3) is 0 Å². The molecule has 0 fully saturated rings. The minimum absolute atomic E-state index is 1.11. The molecule has 2 nitrogen and oxygen atoms in total. The van der Waals surface area contributed by atoms with E-state index in [4.69, 9.17) is 0 Å². The molecule has 0 aliphatic carbocycles. The first-order chi connectivity index (χ1) is 27.7. The van der Waals surface area contributed by atoms with Gasteiger partial charge in [0.15, 0.2) is 0 Å². The monoisotopic (exact) mass is 716 g/mol. The third-order valence-corrected chi connectivity index (χ3v) is 10.2. The van der Waals surface area contributed by atoms with E-state index in [0.29, 0.717) is 0 Å². The molecule has 0 aromatic heterocycles. The predicted octanol–water partition coefficient (Wildman–Crippen LogP) is 15.3. The van der Waals surface area contributed by atoms with Crippen molar-refractivity contribution in [1.29, 1.82) is 0 Å². The lowest BCUT2D eigenvalue weighted by atomic mass is 10.0. The molecule has 0 atom stereocenters. The average molecular weight is 717 g/mol. The second kappa shape index (κ2) is 15.9. The Bertz CT molecular complexity index is 2690. The summed E-state index contributed by atoms with van der Waals surface area (Å²) < 4.78 is 0. The summed E-state index contributed by atoms with van der Waals surface area (Å²) in [5.41, 5.74) is 13.9. The van der Waals surface area contributed by atoms with Gasteiger partial charge in [-0.3, -0.25) is 0 Å². The van der Waals surface area contributed by atoms with E-state index in [0.717, 1.165) is 45.3 Å². The number of benzene rings is 9. The Kier molecular flexibility index (Phi) is 9.75. The number of nitrogens with zero attached hydrogens (tertiary/aromatic N) is 2. The average Bonchev–Trinajstić information content (AvgIpc) is 3.28. The molecule has 0 radical (unpaired) electrons. The van der Waals surface area contributed by atoms with Crippen LogP contribution in [0.15, 0.2) is 231 Å². The molecular weight excluding hydrogens is 677 g/mol. The first kappa shape index (κ1) is 34.4. The fourth-order valence-corrected chi connectivity index (χ4v) is 7.34. The van der Waals surface area contributed by atoms with Gasteiger partial charge in [0, 0.05) is 34.1 Å². The van der Waals surface area contributed by atoms with E-state index in [1.807, 2.05) is 0 Å². The van der Waals surface area contributed by atoms with Crippen molar-refractivity contribution >= 4 is 57.0 Å². The third-order valence-electron chi connectivity index (χ3n) is 10.2. The van der Waals surface area contributed by atoms with Crippen molar-refractivity contribution in [1.82, 2.24) is 0 Å². The van der Waals surface area contributed by atoms with Crippen LogP contribution in [0.4, 0.5) is 34.1 Å². The summed E-state index contributed by atoms with van der Waals surface area (Å²) in [5, 5.41) is 2.40. The van der Waals surface area contributed by atoms with E-state index in [1.54, 1.807) is 0 Å². The summed E-state index contributed by atoms with van der Waals surface area (Å²) in [6.07, 6.45) is 4.39. The van der Waals surface area contributed by atoms with Crippen molar-refractivity contribution in [2.24, 2.45) is 0 Å². The quantitative estimate of drug-likeness (QED) is 0.130. The lowest BCUT2D eigenvalue weighted by Crippen LogP contribution is -2.09. The van der Waals surface area contributed by atoms with Gasteiger partial charge in [-0.05, 0) is 123 Å². The van der Waals surface area contributed by atoms with E-state index in [2.05, 4.69) is 252 Å². The van der Waals surface area contributed by atoms with Crippen molar-refractivity contribution in [2.45, 2.75) is 0 Å². The molecule has 0 spiro atoms. The molecule has 2 heteroatoms. The molecule has 0 saturated heterocycles. The Balaban J connectivity index is 0.954. The zero-order valence-electron chi connectivity index (χ0n) is 31.0. The molecule has 0 aliphatic heterocycles. The van der Waals surface area contributed by atoms with Crippen LogP contribution < -0.4 is 9.80 Å². The van der Waals surface area contributed by atoms with Crippen LogP contribution >= 0.6 is 0 Å². The van der Waals surface area contributed by atoms with Gasteiger partial charge >= 0.3 is 0 Å². The van der Waals surface area contributed by atoms with Gasteiger partial charge < -0.3 is 9.80 Å². The Morgan fingerprint density at radius 3 is 1.05 bits per heavy atom. The summed E-state index contributed by atoms with van der Waals surface area (Å²) in [6, 6.07) is 82.1. The Morgan fingerprint density at radius 2 is 0.554 bits per heavy atom. The summed E-state index contributed by atoms with van der Waals surface area (Å²) in [7, 11) is 0. The van der Waals surface area contributed by atoms with Crippen LogP contribution in [0.3, 0.4) is 0 Å². The number of hydrogen-bond acceptors (Lipinski definition) is 2. The zero-order valence-corrected chi connectivity index (χ0v) is 31.0. The summed E-state index contributed by atoms with van der Waals surface area (Å²) in [4.78, 5) is 4.63. The van der Waals surface area contributed by atoms with Crippen molar-refractivity contribution < 1.29 is 0 Å². The minimum Gasteiger partial charge on any atom is -0.311 e. The number of para-hydroxylation sites is 2. The largest absolute Gasteiger partial charge is 0.311 e. The second-order valence-corrected chi connectivity index (χ2v) is 13.9. The van der Waals surface area contributed by atoms with E-state index in [-0.39, 0.29) is 0 Å². The Labute approximate surface area is 329 Å². The fraction of sp³-hybridized carbons (Fsp3) is 0. The predicted molar refractivity (Wildman–Crippen MR) is 240 cm³/mol. The number of rotatable bonds is 10. The van der Waals surface area contributed by atoms with E-state index in [1.165, 1.54) is 33.0 Å². The molecular formula is C54H40N2. The number of hydrogen-bond donors (Lipinski definition) is 0. The fourth-order valence-electron chi connectivity index (χ4n) is 7.34. The molecule has 9 aromatic rings. The van der Waals surface area contributed by atoms with Gasteiger partial charge in [-0.25, -0.2) is 0 Å². The first-order valence-corrected chi connectivity index (χ1v) is 19.1. The second-order valence-electron chi connectivity index (χ2n) is 13.9. The standard InChI is InChI=1S/C54H40N2/c1-5-13-43(14-6-1)45-27-34-52(35-28-45)55(49-17-9-3-10-18-49)51-32-24-41(25-33-51)21-22-42-23-26-48-40-54(38-31-47(48)39-42)56(50-19-11-4-12-20-50)53-36-29-46(30-37-53)44-15-7-2-8-16-44/h1-40H. The molecule has 0 saturated carbocycles. The van der Waals surface area contributed by atoms with Crippen molar-refractivity contribution in [3.63, 3.8) is 0 Å². The van der Waals surface area contributed by atoms with E-state index >= 15 is 0 Å². The Morgan fingerprint density at radius 1 is 0.232 bits per heavy atom. The molecule has 0 N–H and O–H groups in total. The molecule has 9 aromatic carbocycles. The molecule has 0 amide bonds. The van der Waals surface area contributed by atoms with Gasteiger partial charge in [-0.15, -0.1) is 0 Å². The first-order valence-electron chi connectivity index (χ1n) is 19.1. The van der Waals surface area contributed by atoms with Gasteiger partial charge in [-0.1, -0.05) is 164 Å². The highest BCUT2D eigenvalue weighted by Gasteiger charge is 2.14. The number of fused-ring (bicyclic) bond motifs is 1. The normalized spacial score (nSPS) is 11.1. The van der Waals surface area contributed by atoms with Gasteiger partial charge in [-0.2, -0.15) is 0 Å². The van der Waals surface area contributed by atoms with Crippen LogP contribution in [-0.4, -0.2) is 0 Å². The smallest absolute Gasteiger partial charge is 0.0468 e. The summed E-state index contributed by atoms with van der Waals surface area (Å²) in [6.45, 7) is 0. The van der Waals surface area contributed by atoms with Crippen molar-refractivity contribution in [2.75, 3.05) is 9.80 Å². The molecule has 9 rings (SSSR count). The molecule has 56 heavy (non-hydrogen) atoms. The molecule has 0 bridgehead atoms. The lowest BCUT2D eigenvalue weighted by molar-refractivity contribution is 1.28. The van der Waals surface area contributed by atoms with Gasteiger partial charge in [0.1, 0.15) is 0 Å². The highest BCUT2D eigenvalue weighted by molar-refractivity contribution is 5.91. The van der Waals surface area contributed by atoms with E-state index in [9.17, 15) is 0 Å². The van der Waals surface area contributed by atoms with Crippen LogP contribution in [0.25, 0.3) is 45.2 Å². The lowest BCUT2D eigenvalue weighted by Gasteiger charge is -2.26. The highest BCUT2D eigenvalue weighted by Crippen LogP contribution is 2.38. The van der Waals surface area contributed by atoms with Gasteiger partial charge in [0.05, 0.1) is 0 Å². The van der Waals surface area contributed by atoms with Crippen LogP contribution in [0, 0.1) is 0 Å². The molecule has 266 valence electrons. The van der Waals surface area contributed by atoms with Crippen LogP contribution in [0.1, 0.15) is 11.1 Å². The molecule has 0 unspecified atom stereocenters. The SMILES string of the molecule is C(=Cc1ccc2cc(N(c3ccccc3)c3ccc(-c4ccccc4)cc3)ccc2c1)c1ccc(N(c2ccccc2)c2ccc(-c3ccccc3)cc2)cc1. The van der Waals surface area contributed by atoms with Gasteiger partial charge in [0.2, 0.25) is 0 Å². The topological polar surface area (TPSA) is 6.48 Å². The maximum atomic E-state index is 2.32. The van der Waals surface area contributed by atoms with Crippen LogP contribution in [0.5, 0.6) is 0 Å². The van der Waals surface area contributed by atoms with Crippen molar-refractivity contribution in [3.8, 4) is 22.3 Å². The van der Waals surface area contributed by atoms with Crippen molar-refractivity contribution in [3.05, 3.63) is 242 Å². The third kappa shape index (κ3) is 7.50. The molecule has 0 heterocycles. The Hall–Kier alpha value is -7.42. The van der Waals surface area contributed by atoms with Crippen LogP contribution in [0.2, 0.25) is 0 Å². The highest BCUT2D eigenvalue weighted by atomic mass is 15.1. The zero-order chi connectivity index (χ0) is 37.5. The van der Waals surface area contributed by atoms with Crippen LogP contribution in [-0.2, 0) is 0 Å². The number of anilines is 6. The summed E-state index contributed by atoms with van der Waals surface area (Å²) >= 11 is 0. The summed E-state index contributed by atoms with van der Waals surface area (Å²) in [5.74, 6) is 0. The maximum absolute atomic E-state index is 2.32.